The summed E-state index contributed by atoms with van der Waals surface area (Å²) in [6.07, 6.45) is -0.417. The molecule has 116 valence electrons. The topological polar surface area (TPSA) is 36.8 Å². The van der Waals surface area contributed by atoms with Gasteiger partial charge in [0.05, 0.1) is 0 Å². The van der Waals surface area contributed by atoms with Crippen molar-refractivity contribution in [3.63, 3.8) is 0 Å². The number of rotatable bonds is 6. The van der Waals surface area contributed by atoms with E-state index < -0.39 is 6.10 Å². The van der Waals surface area contributed by atoms with E-state index in [0.717, 1.165) is 12.1 Å². The summed E-state index contributed by atoms with van der Waals surface area (Å²) >= 11 is 0. The highest BCUT2D eigenvalue weighted by Gasteiger charge is 2.08. The van der Waals surface area contributed by atoms with Crippen molar-refractivity contribution < 1.29 is 10.4 Å². The van der Waals surface area contributed by atoms with Crippen molar-refractivity contribution in [3.8, 4) is 11.1 Å². The van der Waals surface area contributed by atoms with Crippen LogP contribution in [0.3, 0.4) is 0 Å². The Balaban J connectivity index is 1.53. The van der Waals surface area contributed by atoms with Crippen LogP contribution in [0.2, 0.25) is 0 Å². The van der Waals surface area contributed by atoms with Gasteiger partial charge in [-0.25, -0.2) is 0 Å². The van der Waals surface area contributed by atoms with E-state index in [-0.39, 0.29) is 0 Å². The van der Waals surface area contributed by atoms with Gasteiger partial charge in [-0.05, 0) is 16.7 Å². The van der Waals surface area contributed by atoms with Crippen LogP contribution < -0.4 is 5.32 Å². The maximum Gasteiger partial charge on any atom is 0.128 e. The fraction of sp³-hybridized carbons (Fsp3) is 0.143. The largest absolute Gasteiger partial charge is 0.382 e. The summed E-state index contributed by atoms with van der Waals surface area (Å²) in [4.78, 5) is 0. The smallest absolute Gasteiger partial charge is 0.128 e. The standard InChI is InChI=1S/C21H21NO/c23-21(20-9-5-2-6-10-20)16-22-15-17-11-13-19(14-12-17)18-7-3-1-4-8-18/h1-14,21-23H,15-16H2/p+1/t21-/m1/s1. The molecule has 3 aromatic carbocycles. The second-order valence-corrected chi connectivity index (χ2v) is 5.72. The Labute approximate surface area is 137 Å². The van der Waals surface area contributed by atoms with Crippen LogP contribution in [0, 0.1) is 0 Å². The zero-order valence-electron chi connectivity index (χ0n) is 13.1. The number of benzene rings is 3. The summed E-state index contributed by atoms with van der Waals surface area (Å²) in [5.41, 5.74) is 4.72. The predicted molar refractivity (Wildman–Crippen MR) is 93.8 cm³/mol. The SMILES string of the molecule is O[C@H](C[NH2+]Cc1ccc(-c2ccccc2)cc1)c1ccccc1. The first-order valence-electron chi connectivity index (χ1n) is 8.02. The Hall–Kier alpha value is -2.42. The summed E-state index contributed by atoms with van der Waals surface area (Å²) in [5.74, 6) is 0. The van der Waals surface area contributed by atoms with Gasteiger partial charge in [0.2, 0.25) is 0 Å². The summed E-state index contributed by atoms with van der Waals surface area (Å²) in [5, 5.41) is 12.3. The molecule has 0 unspecified atom stereocenters. The molecular formula is C21H22NO+. The number of quaternary nitrogens is 1. The maximum atomic E-state index is 10.2. The van der Waals surface area contributed by atoms with Gasteiger partial charge in [0.15, 0.2) is 0 Å². The molecule has 3 N–H and O–H groups in total. The third-order valence-corrected chi connectivity index (χ3v) is 4.02. The molecule has 0 aliphatic heterocycles. The molecule has 0 aromatic heterocycles. The van der Waals surface area contributed by atoms with Crippen LogP contribution in [-0.4, -0.2) is 11.7 Å². The Kier molecular flexibility index (Phi) is 5.20. The van der Waals surface area contributed by atoms with Crippen LogP contribution in [0.4, 0.5) is 0 Å². The number of hydrogen-bond donors (Lipinski definition) is 2. The average molecular weight is 304 g/mol. The second-order valence-electron chi connectivity index (χ2n) is 5.72. The molecule has 3 rings (SSSR count). The fourth-order valence-electron chi connectivity index (χ4n) is 2.68. The van der Waals surface area contributed by atoms with Gasteiger partial charge in [0.25, 0.3) is 0 Å². The third-order valence-electron chi connectivity index (χ3n) is 4.02. The molecule has 0 saturated carbocycles. The van der Waals surface area contributed by atoms with E-state index in [1.165, 1.54) is 16.7 Å². The molecule has 0 bridgehead atoms. The van der Waals surface area contributed by atoms with Crippen LogP contribution in [0.15, 0.2) is 84.9 Å². The van der Waals surface area contributed by atoms with Crippen LogP contribution in [0.5, 0.6) is 0 Å². The zero-order valence-corrected chi connectivity index (χ0v) is 13.1. The molecule has 0 amide bonds. The zero-order chi connectivity index (χ0) is 15.9. The van der Waals surface area contributed by atoms with Gasteiger partial charge in [-0.2, -0.15) is 0 Å². The van der Waals surface area contributed by atoms with Crippen LogP contribution in [-0.2, 0) is 6.54 Å². The van der Waals surface area contributed by atoms with Crippen molar-refractivity contribution >= 4 is 0 Å². The fourth-order valence-corrected chi connectivity index (χ4v) is 2.68. The lowest BCUT2D eigenvalue weighted by atomic mass is 10.0. The Morgan fingerprint density at radius 2 is 1.26 bits per heavy atom. The normalized spacial score (nSPS) is 12.0. The average Bonchev–Trinajstić information content (AvgIpc) is 2.64. The van der Waals surface area contributed by atoms with Gasteiger partial charge in [-0.1, -0.05) is 84.9 Å². The van der Waals surface area contributed by atoms with E-state index >= 15 is 0 Å². The second kappa shape index (κ2) is 7.73. The minimum atomic E-state index is -0.417. The van der Waals surface area contributed by atoms with Crippen molar-refractivity contribution in [2.75, 3.05) is 6.54 Å². The van der Waals surface area contributed by atoms with Gasteiger partial charge in [-0.15, -0.1) is 0 Å². The molecule has 0 radical (unpaired) electrons. The van der Waals surface area contributed by atoms with E-state index in [9.17, 15) is 5.11 Å². The highest BCUT2D eigenvalue weighted by Crippen LogP contribution is 2.18. The summed E-state index contributed by atoms with van der Waals surface area (Å²) < 4.78 is 0. The maximum absolute atomic E-state index is 10.2. The first-order valence-corrected chi connectivity index (χ1v) is 8.02. The van der Waals surface area contributed by atoms with Gasteiger partial charge < -0.3 is 10.4 Å². The molecule has 0 saturated heterocycles. The van der Waals surface area contributed by atoms with E-state index in [4.69, 9.17) is 0 Å². The van der Waals surface area contributed by atoms with Gasteiger partial charge >= 0.3 is 0 Å². The van der Waals surface area contributed by atoms with Crippen molar-refractivity contribution in [2.24, 2.45) is 0 Å². The minimum Gasteiger partial charge on any atom is -0.382 e. The Morgan fingerprint density at radius 3 is 1.91 bits per heavy atom. The molecule has 1 atom stereocenters. The van der Waals surface area contributed by atoms with Gasteiger partial charge in [-0.3, -0.25) is 0 Å². The van der Waals surface area contributed by atoms with E-state index in [1.807, 2.05) is 36.4 Å². The van der Waals surface area contributed by atoms with Crippen LogP contribution >= 0.6 is 0 Å². The number of aliphatic hydroxyl groups is 1. The minimum absolute atomic E-state index is 0.417. The summed E-state index contributed by atoms with van der Waals surface area (Å²) in [7, 11) is 0. The highest BCUT2D eigenvalue weighted by molar-refractivity contribution is 5.63. The van der Waals surface area contributed by atoms with Crippen molar-refractivity contribution in [1.82, 2.24) is 0 Å². The third kappa shape index (κ3) is 4.28. The highest BCUT2D eigenvalue weighted by atomic mass is 16.3. The lowest BCUT2D eigenvalue weighted by Gasteiger charge is -2.10. The molecule has 0 heterocycles. The molecule has 2 heteroatoms. The van der Waals surface area contributed by atoms with E-state index in [0.29, 0.717) is 6.54 Å². The van der Waals surface area contributed by atoms with Gasteiger partial charge in [0, 0.05) is 5.56 Å². The van der Waals surface area contributed by atoms with Crippen LogP contribution in [0.1, 0.15) is 17.2 Å². The molecule has 0 aliphatic rings. The first-order chi connectivity index (χ1) is 11.3. The number of nitrogens with two attached hydrogens (primary N) is 1. The first kappa shape index (κ1) is 15.5. The molecule has 2 nitrogen and oxygen atoms in total. The number of aliphatic hydroxyl groups excluding tert-OH is 1. The molecular weight excluding hydrogens is 282 g/mol. The lowest BCUT2D eigenvalue weighted by molar-refractivity contribution is -0.677. The molecule has 0 spiro atoms. The van der Waals surface area contributed by atoms with Gasteiger partial charge in [0.1, 0.15) is 19.2 Å². The predicted octanol–water partition coefficient (Wildman–Crippen LogP) is 3.15. The van der Waals surface area contributed by atoms with Crippen LogP contribution in [0.25, 0.3) is 11.1 Å². The Morgan fingerprint density at radius 1 is 0.696 bits per heavy atom. The quantitative estimate of drug-likeness (QED) is 0.721. The Bertz CT molecular complexity index is 708. The lowest BCUT2D eigenvalue weighted by Crippen LogP contribution is -2.83. The molecule has 0 fully saturated rings. The molecule has 0 aliphatic carbocycles. The number of hydrogen-bond acceptors (Lipinski definition) is 1. The van der Waals surface area contributed by atoms with E-state index in [2.05, 4.69) is 53.8 Å². The van der Waals surface area contributed by atoms with E-state index in [1.54, 1.807) is 0 Å². The van der Waals surface area contributed by atoms with Crippen molar-refractivity contribution in [2.45, 2.75) is 12.6 Å². The molecule has 23 heavy (non-hydrogen) atoms. The summed E-state index contributed by atoms with van der Waals surface area (Å²) in [6.45, 7) is 1.55. The monoisotopic (exact) mass is 304 g/mol. The molecule has 3 aromatic rings. The van der Waals surface area contributed by atoms with Crippen molar-refractivity contribution in [1.29, 1.82) is 0 Å². The van der Waals surface area contributed by atoms with Crippen molar-refractivity contribution in [3.05, 3.63) is 96.1 Å². The summed E-state index contributed by atoms with van der Waals surface area (Å²) in [6, 6.07) is 28.8.